The van der Waals surface area contributed by atoms with Gasteiger partial charge in [0.15, 0.2) is 5.16 Å². The lowest BCUT2D eigenvalue weighted by Gasteiger charge is -2.32. The van der Waals surface area contributed by atoms with Crippen LogP contribution < -0.4 is 16.2 Å². The van der Waals surface area contributed by atoms with Crippen molar-refractivity contribution in [2.45, 2.75) is 31.7 Å². The summed E-state index contributed by atoms with van der Waals surface area (Å²) in [6.07, 6.45) is 1.77. The normalized spacial score (nSPS) is 14.5. The zero-order valence-corrected chi connectivity index (χ0v) is 22.0. The fraction of sp³-hybridized carbons (Fsp3) is 0.478. The van der Waals surface area contributed by atoms with Gasteiger partial charge in [0.25, 0.3) is 0 Å². The molecule has 0 bridgehead atoms. The van der Waals surface area contributed by atoms with Crippen molar-refractivity contribution >= 4 is 34.7 Å². The van der Waals surface area contributed by atoms with Gasteiger partial charge in [0, 0.05) is 67.2 Å². The number of pyridine rings is 1. The molecule has 3 aromatic heterocycles. The number of thioether (sulfide) groups is 1. The maximum Gasteiger partial charge on any atom is 0.213 e. The first-order chi connectivity index (χ1) is 16.5. The molecule has 1 aliphatic rings. The summed E-state index contributed by atoms with van der Waals surface area (Å²) in [4.78, 5) is 23.5. The number of nitrogen functional groups attached to an aromatic ring is 2. The number of thiazole rings is 1. The number of aromatic nitrogens is 4. The molecule has 9 nitrogen and oxygen atoms in total. The zero-order chi connectivity index (χ0) is 24.5. The van der Waals surface area contributed by atoms with Crippen LogP contribution in [0.1, 0.15) is 24.4 Å². The van der Waals surface area contributed by atoms with E-state index in [9.17, 15) is 0 Å². The highest BCUT2D eigenvalue weighted by atomic mass is 32.2. The lowest BCUT2D eigenvalue weighted by Crippen LogP contribution is -2.45. The summed E-state index contributed by atoms with van der Waals surface area (Å²) in [5, 5.41) is 1.49. The third-order valence-corrected chi connectivity index (χ3v) is 7.13. The van der Waals surface area contributed by atoms with Crippen molar-refractivity contribution in [2.75, 3.05) is 57.8 Å². The second-order valence-electron chi connectivity index (χ2n) is 7.69. The molecule has 0 saturated carbocycles. The molecule has 0 atom stereocenters. The minimum atomic E-state index is 0.368. The molecule has 1 aliphatic heterocycles. The van der Waals surface area contributed by atoms with Crippen molar-refractivity contribution < 1.29 is 4.74 Å². The van der Waals surface area contributed by atoms with E-state index in [1.54, 1.807) is 23.6 Å². The Labute approximate surface area is 210 Å². The summed E-state index contributed by atoms with van der Waals surface area (Å²) in [6, 6.07) is 5.47. The van der Waals surface area contributed by atoms with E-state index in [1.165, 1.54) is 11.8 Å². The summed E-state index contributed by atoms with van der Waals surface area (Å²) < 4.78 is 5.93. The molecule has 1 saturated heterocycles. The Kier molecular flexibility index (Phi) is 9.87. The SMILES string of the molecule is CC.Cc1sc(-c2ccnc(OCCN3CCN(C)CC3)c2)nc1CSc1nc(N)cc(N)n1. The largest absolute Gasteiger partial charge is 0.476 e. The van der Waals surface area contributed by atoms with Crippen LogP contribution >= 0.6 is 23.1 Å². The second kappa shape index (κ2) is 12.8. The van der Waals surface area contributed by atoms with Gasteiger partial charge in [0.05, 0.1) is 5.69 Å². The summed E-state index contributed by atoms with van der Waals surface area (Å²) in [6.45, 7) is 12.0. The van der Waals surface area contributed by atoms with E-state index in [1.807, 2.05) is 26.0 Å². The first kappa shape index (κ1) is 26.1. The van der Waals surface area contributed by atoms with Crippen LogP contribution in [0.5, 0.6) is 5.88 Å². The lowest BCUT2D eigenvalue weighted by atomic mass is 10.3. The number of hydrogen-bond acceptors (Lipinski definition) is 11. The lowest BCUT2D eigenvalue weighted by molar-refractivity contribution is 0.132. The van der Waals surface area contributed by atoms with Gasteiger partial charge in [-0.25, -0.2) is 19.9 Å². The van der Waals surface area contributed by atoms with E-state index in [4.69, 9.17) is 21.2 Å². The average Bonchev–Trinajstić information content (AvgIpc) is 3.20. The van der Waals surface area contributed by atoms with Crippen LogP contribution in [0.3, 0.4) is 0 Å². The molecule has 34 heavy (non-hydrogen) atoms. The van der Waals surface area contributed by atoms with Crippen molar-refractivity contribution in [3.05, 3.63) is 35.0 Å². The quantitative estimate of drug-likeness (QED) is 0.350. The standard InChI is InChI=1S/C21H28N8OS2.C2H6/c1-14-16(13-31-21-26-17(22)12-18(23)27-21)25-20(32-14)15-3-4-24-19(11-15)30-10-9-29-7-5-28(2)6-8-29;1-2/h3-4,11-12H,5-10,13H2,1-2H3,(H4,22,23,26,27);1-2H3. The molecule has 3 aromatic rings. The van der Waals surface area contributed by atoms with Crippen LogP contribution in [-0.4, -0.2) is 76.1 Å². The molecule has 0 amide bonds. The predicted octanol–water partition coefficient (Wildman–Crippen LogP) is 3.41. The third kappa shape index (κ3) is 7.52. The van der Waals surface area contributed by atoms with E-state index < -0.39 is 0 Å². The first-order valence-electron chi connectivity index (χ1n) is 11.5. The Morgan fingerprint density at radius 3 is 2.47 bits per heavy atom. The summed E-state index contributed by atoms with van der Waals surface area (Å²) in [5.41, 5.74) is 13.5. The molecule has 1 fully saturated rings. The van der Waals surface area contributed by atoms with Gasteiger partial charge in [-0.15, -0.1) is 11.3 Å². The van der Waals surface area contributed by atoms with Gasteiger partial charge < -0.3 is 21.1 Å². The number of nitrogens with zero attached hydrogens (tertiary/aromatic N) is 6. The number of aryl methyl sites for hydroxylation is 1. The van der Waals surface area contributed by atoms with Crippen LogP contribution in [0.2, 0.25) is 0 Å². The molecule has 0 spiro atoms. The summed E-state index contributed by atoms with van der Waals surface area (Å²) in [5.74, 6) is 2.01. The maximum atomic E-state index is 5.93. The van der Waals surface area contributed by atoms with E-state index >= 15 is 0 Å². The average molecular weight is 503 g/mol. The van der Waals surface area contributed by atoms with Gasteiger partial charge in [-0.05, 0) is 20.0 Å². The topological polar surface area (TPSA) is 119 Å². The molecule has 0 radical (unpaired) electrons. The highest BCUT2D eigenvalue weighted by molar-refractivity contribution is 7.98. The van der Waals surface area contributed by atoms with Crippen LogP contribution in [0.15, 0.2) is 29.6 Å². The monoisotopic (exact) mass is 502 g/mol. The Morgan fingerprint density at radius 2 is 1.76 bits per heavy atom. The van der Waals surface area contributed by atoms with Crippen molar-refractivity contribution in [1.82, 2.24) is 29.7 Å². The number of rotatable bonds is 8. The van der Waals surface area contributed by atoms with Gasteiger partial charge in [-0.1, -0.05) is 25.6 Å². The Morgan fingerprint density at radius 1 is 1.06 bits per heavy atom. The molecule has 0 unspecified atom stereocenters. The molecule has 4 N–H and O–H groups in total. The van der Waals surface area contributed by atoms with Crippen LogP contribution in [0.25, 0.3) is 10.6 Å². The molecule has 0 aromatic carbocycles. The number of anilines is 2. The fourth-order valence-electron chi connectivity index (χ4n) is 3.32. The van der Waals surface area contributed by atoms with Gasteiger partial charge >= 0.3 is 0 Å². The van der Waals surface area contributed by atoms with Crippen LogP contribution in [0.4, 0.5) is 11.6 Å². The minimum Gasteiger partial charge on any atom is -0.476 e. The summed E-state index contributed by atoms with van der Waals surface area (Å²) >= 11 is 3.12. The highest BCUT2D eigenvalue weighted by Gasteiger charge is 2.14. The number of likely N-dealkylation sites (N-methyl/N-ethyl adjacent to an activating group) is 1. The third-order valence-electron chi connectivity index (χ3n) is 5.21. The Hall–Kier alpha value is -2.47. The van der Waals surface area contributed by atoms with Crippen molar-refractivity contribution in [2.24, 2.45) is 0 Å². The van der Waals surface area contributed by atoms with E-state index in [0.29, 0.717) is 35.0 Å². The molecule has 11 heteroatoms. The number of piperazine rings is 1. The second-order valence-corrected chi connectivity index (χ2v) is 9.83. The van der Waals surface area contributed by atoms with Crippen molar-refractivity contribution in [1.29, 1.82) is 0 Å². The molecule has 184 valence electrons. The number of ether oxygens (including phenoxy) is 1. The van der Waals surface area contributed by atoms with Gasteiger partial charge in [-0.2, -0.15) is 0 Å². The van der Waals surface area contributed by atoms with Crippen LogP contribution in [0, 0.1) is 6.92 Å². The van der Waals surface area contributed by atoms with Gasteiger partial charge in [0.2, 0.25) is 5.88 Å². The van der Waals surface area contributed by atoms with Crippen molar-refractivity contribution in [3.8, 4) is 16.5 Å². The van der Waals surface area contributed by atoms with Gasteiger partial charge in [0.1, 0.15) is 23.3 Å². The van der Waals surface area contributed by atoms with Crippen molar-refractivity contribution in [3.63, 3.8) is 0 Å². The Bertz CT molecular complexity index is 1030. The minimum absolute atomic E-state index is 0.368. The van der Waals surface area contributed by atoms with E-state index in [2.05, 4.69) is 38.7 Å². The molecule has 4 heterocycles. The molecule has 0 aliphatic carbocycles. The molecular weight excluding hydrogens is 468 g/mol. The predicted molar refractivity (Wildman–Crippen MR) is 141 cm³/mol. The number of hydrogen-bond donors (Lipinski definition) is 2. The molecular formula is C23H34N8OS2. The Balaban J connectivity index is 0.00000158. The maximum absolute atomic E-state index is 5.93. The fourth-order valence-corrected chi connectivity index (χ4v) is 5.22. The van der Waals surface area contributed by atoms with E-state index in [-0.39, 0.29) is 0 Å². The smallest absolute Gasteiger partial charge is 0.213 e. The zero-order valence-electron chi connectivity index (χ0n) is 20.3. The van der Waals surface area contributed by atoms with E-state index in [0.717, 1.165) is 53.9 Å². The number of nitrogens with two attached hydrogens (primary N) is 2. The summed E-state index contributed by atoms with van der Waals surface area (Å²) in [7, 11) is 2.16. The highest BCUT2D eigenvalue weighted by Crippen LogP contribution is 2.32. The van der Waals surface area contributed by atoms with Gasteiger partial charge in [-0.3, -0.25) is 4.90 Å². The first-order valence-corrected chi connectivity index (χ1v) is 13.3. The van der Waals surface area contributed by atoms with Crippen LogP contribution in [-0.2, 0) is 5.75 Å². The molecule has 4 rings (SSSR count).